The molecule has 5 nitrogen and oxygen atoms in total. The first kappa shape index (κ1) is 14.0. The van der Waals surface area contributed by atoms with Crippen molar-refractivity contribution in [1.29, 1.82) is 0 Å². The second-order valence-corrected chi connectivity index (χ2v) is 4.26. The Hall–Kier alpha value is -2.43. The van der Waals surface area contributed by atoms with Crippen LogP contribution >= 0.6 is 0 Å². The molecule has 2 rings (SSSR count). The fourth-order valence-electron chi connectivity index (χ4n) is 1.83. The minimum atomic E-state index is -0.356. The SMILES string of the molecule is CCOC(=O)CCC(=O)Nc1ccc2ncccc2c1. The number of fused-ring (bicyclic) bond motifs is 1. The summed E-state index contributed by atoms with van der Waals surface area (Å²) in [5.74, 6) is -0.563. The lowest BCUT2D eigenvalue weighted by atomic mass is 10.2. The van der Waals surface area contributed by atoms with E-state index in [0.29, 0.717) is 12.3 Å². The molecular formula is C15H16N2O3. The molecule has 0 bridgehead atoms. The second kappa shape index (κ2) is 6.65. The van der Waals surface area contributed by atoms with E-state index < -0.39 is 0 Å². The molecule has 0 aliphatic carbocycles. The Morgan fingerprint density at radius 1 is 1.25 bits per heavy atom. The van der Waals surface area contributed by atoms with Crippen LogP contribution in [-0.2, 0) is 14.3 Å². The second-order valence-electron chi connectivity index (χ2n) is 4.26. The lowest BCUT2D eigenvalue weighted by Gasteiger charge is -2.06. The molecular weight excluding hydrogens is 256 g/mol. The molecule has 0 aliphatic heterocycles. The van der Waals surface area contributed by atoms with Gasteiger partial charge >= 0.3 is 5.97 Å². The molecule has 0 saturated heterocycles. The first-order chi connectivity index (χ1) is 9.69. The first-order valence-corrected chi connectivity index (χ1v) is 6.49. The van der Waals surface area contributed by atoms with Gasteiger partial charge in [-0.15, -0.1) is 0 Å². The third-order valence-electron chi connectivity index (χ3n) is 2.75. The molecule has 1 heterocycles. The summed E-state index contributed by atoms with van der Waals surface area (Å²) in [6.07, 6.45) is 1.93. The van der Waals surface area contributed by atoms with Crippen LogP contribution in [0.1, 0.15) is 19.8 Å². The number of nitrogens with zero attached hydrogens (tertiary/aromatic N) is 1. The van der Waals surface area contributed by atoms with Crippen LogP contribution < -0.4 is 5.32 Å². The van der Waals surface area contributed by atoms with Gasteiger partial charge in [0.2, 0.25) is 5.91 Å². The molecule has 0 saturated carbocycles. The van der Waals surface area contributed by atoms with Crippen molar-refractivity contribution in [2.75, 3.05) is 11.9 Å². The van der Waals surface area contributed by atoms with Crippen LogP contribution in [0.15, 0.2) is 36.5 Å². The molecule has 0 fully saturated rings. The standard InChI is InChI=1S/C15H16N2O3/c1-2-20-15(19)8-7-14(18)17-12-5-6-13-11(10-12)4-3-9-16-13/h3-6,9-10H,2,7-8H2,1H3,(H,17,18). The van der Waals surface area contributed by atoms with Crippen LogP contribution in [0.2, 0.25) is 0 Å². The molecule has 104 valence electrons. The Labute approximate surface area is 117 Å². The topological polar surface area (TPSA) is 68.3 Å². The third-order valence-corrected chi connectivity index (χ3v) is 2.75. The summed E-state index contributed by atoms with van der Waals surface area (Å²) in [4.78, 5) is 27.1. The fourth-order valence-corrected chi connectivity index (χ4v) is 1.83. The largest absolute Gasteiger partial charge is 0.466 e. The van der Waals surface area contributed by atoms with Crippen molar-refractivity contribution >= 4 is 28.5 Å². The number of rotatable bonds is 5. The average Bonchev–Trinajstić information content (AvgIpc) is 2.45. The summed E-state index contributed by atoms with van der Waals surface area (Å²) in [5.41, 5.74) is 1.57. The average molecular weight is 272 g/mol. The van der Waals surface area contributed by atoms with Gasteiger partial charge < -0.3 is 10.1 Å². The zero-order valence-corrected chi connectivity index (χ0v) is 11.3. The normalized spacial score (nSPS) is 10.2. The molecule has 0 unspecified atom stereocenters. The van der Waals surface area contributed by atoms with Gasteiger partial charge in [-0.25, -0.2) is 0 Å². The summed E-state index contributed by atoms with van der Waals surface area (Å²) in [5, 5.41) is 3.71. The minimum absolute atomic E-state index is 0.0921. The van der Waals surface area contributed by atoms with Crippen molar-refractivity contribution in [2.45, 2.75) is 19.8 Å². The maximum Gasteiger partial charge on any atom is 0.306 e. The predicted octanol–water partition coefficient (Wildman–Crippen LogP) is 2.52. The number of anilines is 1. The van der Waals surface area contributed by atoms with Gasteiger partial charge in [-0.1, -0.05) is 6.07 Å². The van der Waals surface area contributed by atoms with E-state index in [1.807, 2.05) is 24.3 Å². The van der Waals surface area contributed by atoms with Gasteiger partial charge in [0.05, 0.1) is 18.5 Å². The molecule has 1 aromatic heterocycles. The van der Waals surface area contributed by atoms with Crippen molar-refractivity contribution in [2.24, 2.45) is 0 Å². The first-order valence-electron chi connectivity index (χ1n) is 6.49. The third kappa shape index (κ3) is 3.78. The number of amides is 1. The highest BCUT2D eigenvalue weighted by Gasteiger charge is 2.08. The van der Waals surface area contributed by atoms with Crippen LogP contribution in [0.3, 0.4) is 0 Å². The quantitative estimate of drug-likeness (QED) is 0.849. The van der Waals surface area contributed by atoms with E-state index in [-0.39, 0.29) is 24.7 Å². The van der Waals surface area contributed by atoms with E-state index in [9.17, 15) is 9.59 Å². The van der Waals surface area contributed by atoms with Gasteiger partial charge in [-0.2, -0.15) is 0 Å². The number of nitrogens with one attached hydrogen (secondary N) is 1. The Morgan fingerprint density at radius 2 is 2.10 bits per heavy atom. The predicted molar refractivity (Wildman–Crippen MR) is 76.2 cm³/mol. The Balaban J connectivity index is 1.94. The van der Waals surface area contributed by atoms with Crippen LogP contribution in [0.5, 0.6) is 0 Å². The van der Waals surface area contributed by atoms with E-state index in [2.05, 4.69) is 10.3 Å². The van der Waals surface area contributed by atoms with E-state index in [0.717, 1.165) is 10.9 Å². The molecule has 5 heteroatoms. The van der Waals surface area contributed by atoms with Crippen LogP contribution in [-0.4, -0.2) is 23.5 Å². The van der Waals surface area contributed by atoms with Crippen molar-refractivity contribution in [3.8, 4) is 0 Å². The zero-order chi connectivity index (χ0) is 14.4. The number of aromatic nitrogens is 1. The maximum atomic E-state index is 11.7. The number of hydrogen-bond donors (Lipinski definition) is 1. The lowest BCUT2D eigenvalue weighted by Crippen LogP contribution is -2.14. The van der Waals surface area contributed by atoms with Crippen molar-refractivity contribution < 1.29 is 14.3 Å². The molecule has 2 aromatic rings. The van der Waals surface area contributed by atoms with Crippen LogP contribution in [0, 0.1) is 0 Å². The van der Waals surface area contributed by atoms with Gasteiger partial charge in [0, 0.05) is 23.7 Å². The zero-order valence-electron chi connectivity index (χ0n) is 11.3. The fraction of sp³-hybridized carbons (Fsp3) is 0.267. The number of carbonyl (C=O) groups is 2. The molecule has 1 aromatic carbocycles. The molecule has 1 amide bonds. The highest BCUT2D eigenvalue weighted by Crippen LogP contribution is 2.17. The number of esters is 1. The number of carbonyl (C=O) groups excluding carboxylic acids is 2. The van der Waals surface area contributed by atoms with Gasteiger partial charge in [-0.3, -0.25) is 14.6 Å². The van der Waals surface area contributed by atoms with Gasteiger partial charge in [0.1, 0.15) is 0 Å². The van der Waals surface area contributed by atoms with E-state index in [1.165, 1.54) is 0 Å². The number of pyridine rings is 1. The monoisotopic (exact) mass is 272 g/mol. The van der Waals surface area contributed by atoms with Crippen molar-refractivity contribution in [1.82, 2.24) is 4.98 Å². The summed E-state index contributed by atoms with van der Waals surface area (Å²) < 4.78 is 4.77. The highest BCUT2D eigenvalue weighted by molar-refractivity contribution is 5.94. The van der Waals surface area contributed by atoms with Crippen molar-refractivity contribution in [3.63, 3.8) is 0 Å². The highest BCUT2D eigenvalue weighted by atomic mass is 16.5. The summed E-state index contributed by atoms with van der Waals surface area (Å²) in [7, 11) is 0. The summed E-state index contributed by atoms with van der Waals surface area (Å²) >= 11 is 0. The summed E-state index contributed by atoms with van der Waals surface area (Å²) in [6.45, 7) is 2.07. The number of benzene rings is 1. The maximum absolute atomic E-state index is 11.7. The van der Waals surface area contributed by atoms with E-state index >= 15 is 0 Å². The van der Waals surface area contributed by atoms with E-state index in [4.69, 9.17) is 4.74 Å². The van der Waals surface area contributed by atoms with Gasteiger partial charge in [0.15, 0.2) is 0 Å². The number of hydrogen-bond acceptors (Lipinski definition) is 4. The molecule has 1 N–H and O–H groups in total. The lowest BCUT2D eigenvalue weighted by molar-refractivity contribution is -0.144. The van der Waals surface area contributed by atoms with Crippen molar-refractivity contribution in [3.05, 3.63) is 36.5 Å². The Bertz CT molecular complexity index is 625. The van der Waals surface area contributed by atoms with Gasteiger partial charge in [0.25, 0.3) is 0 Å². The molecule has 0 aliphatic rings. The smallest absolute Gasteiger partial charge is 0.306 e. The number of ether oxygens (including phenoxy) is 1. The summed E-state index contributed by atoms with van der Waals surface area (Å²) in [6, 6.07) is 9.25. The molecule has 0 radical (unpaired) electrons. The van der Waals surface area contributed by atoms with Crippen LogP contribution in [0.25, 0.3) is 10.9 Å². The Kier molecular flexibility index (Phi) is 4.65. The van der Waals surface area contributed by atoms with E-state index in [1.54, 1.807) is 19.2 Å². The molecule has 0 spiro atoms. The molecule has 20 heavy (non-hydrogen) atoms. The Morgan fingerprint density at radius 3 is 2.90 bits per heavy atom. The molecule has 0 atom stereocenters. The minimum Gasteiger partial charge on any atom is -0.466 e. The van der Waals surface area contributed by atoms with Crippen LogP contribution in [0.4, 0.5) is 5.69 Å². The van der Waals surface area contributed by atoms with Gasteiger partial charge in [-0.05, 0) is 31.2 Å².